The van der Waals surface area contributed by atoms with E-state index in [1.165, 1.54) is 6.92 Å². The van der Waals surface area contributed by atoms with Crippen molar-refractivity contribution in [2.45, 2.75) is 31.7 Å². The van der Waals surface area contributed by atoms with Crippen molar-refractivity contribution in [3.63, 3.8) is 0 Å². The first-order valence-corrected chi connectivity index (χ1v) is 4.09. The molecular formula is C9H11NO3. The van der Waals surface area contributed by atoms with Crippen molar-refractivity contribution in [2.75, 3.05) is 0 Å². The molecule has 0 atom stereocenters. The molecule has 0 radical (unpaired) electrons. The number of rotatable bonds is 2. The van der Waals surface area contributed by atoms with E-state index in [2.05, 4.69) is 17.2 Å². The zero-order valence-electron chi connectivity index (χ0n) is 7.39. The Balaban J connectivity index is 2.63. The minimum absolute atomic E-state index is 0.499. The minimum atomic E-state index is -1.04. The fourth-order valence-electron chi connectivity index (χ4n) is 1.28. The molecular weight excluding hydrogens is 170 g/mol. The predicted molar refractivity (Wildman–Crippen MR) is 45.8 cm³/mol. The molecule has 4 heteroatoms. The summed E-state index contributed by atoms with van der Waals surface area (Å²) in [5.41, 5.74) is -1.04. The zero-order chi connectivity index (χ0) is 9.90. The normalized spacial score (nSPS) is 17.6. The van der Waals surface area contributed by atoms with Gasteiger partial charge in [0.05, 0.1) is 0 Å². The topological polar surface area (TPSA) is 66.4 Å². The van der Waals surface area contributed by atoms with Gasteiger partial charge < -0.3 is 10.4 Å². The molecule has 0 aromatic rings. The monoisotopic (exact) mass is 181 g/mol. The third-order valence-electron chi connectivity index (χ3n) is 2.21. The van der Waals surface area contributed by atoms with Crippen molar-refractivity contribution in [3.05, 3.63) is 0 Å². The molecule has 0 unspecified atom stereocenters. The van der Waals surface area contributed by atoms with Gasteiger partial charge in [0.2, 0.25) is 0 Å². The van der Waals surface area contributed by atoms with Crippen LogP contribution in [0.25, 0.3) is 0 Å². The molecule has 0 spiro atoms. The molecule has 0 aliphatic heterocycles. The first-order valence-electron chi connectivity index (χ1n) is 4.09. The van der Waals surface area contributed by atoms with Gasteiger partial charge in [-0.3, -0.25) is 4.79 Å². The number of amides is 1. The third kappa shape index (κ3) is 1.81. The quantitative estimate of drug-likeness (QED) is 0.595. The summed E-state index contributed by atoms with van der Waals surface area (Å²) >= 11 is 0. The van der Waals surface area contributed by atoms with Crippen LogP contribution in [0.3, 0.4) is 0 Å². The van der Waals surface area contributed by atoms with E-state index in [9.17, 15) is 9.59 Å². The van der Waals surface area contributed by atoms with E-state index >= 15 is 0 Å². The number of carbonyl (C=O) groups excluding carboxylic acids is 1. The Hall–Kier alpha value is -1.50. The summed E-state index contributed by atoms with van der Waals surface area (Å²) < 4.78 is 0. The van der Waals surface area contributed by atoms with E-state index < -0.39 is 17.4 Å². The van der Waals surface area contributed by atoms with Crippen LogP contribution in [0.1, 0.15) is 26.2 Å². The van der Waals surface area contributed by atoms with Crippen molar-refractivity contribution in [2.24, 2.45) is 0 Å². The van der Waals surface area contributed by atoms with E-state index in [-0.39, 0.29) is 0 Å². The molecule has 0 bridgehead atoms. The maximum atomic E-state index is 11.0. The average Bonchev–Trinajstić information content (AvgIpc) is 1.96. The van der Waals surface area contributed by atoms with E-state index in [1.807, 2.05) is 0 Å². The maximum absolute atomic E-state index is 11.0. The van der Waals surface area contributed by atoms with Gasteiger partial charge in [-0.15, -0.1) is 0 Å². The van der Waals surface area contributed by atoms with Gasteiger partial charge in [-0.05, 0) is 32.1 Å². The second-order valence-corrected chi connectivity index (χ2v) is 3.07. The highest BCUT2D eigenvalue weighted by molar-refractivity contribution is 5.97. The highest BCUT2D eigenvalue weighted by Gasteiger charge is 2.45. The number of carboxylic acid groups (broad SMARTS) is 1. The van der Waals surface area contributed by atoms with Gasteiger partial charge in [0, 0.05) is 0 Å². The Morgan fingerprint density at radius 1 is 1.46 bits per heavy atom. The van der Waals surface area contributed by atoms with Crippen LogP contribution in [0, 0.1) is 11.8 Å². The van der Waals surface area contributed by atoms with Gasteiger partial charge in [-0.25, -0.2) is 4.79 Å². The number of aliphatic carboxylic acids is 1. The first kappa shape index (κ1) is 9.59. The van der Waals surface area contributed by atoms with Crippen molar-refractivity contribution < 1.29 is 14.7 Å². The lowest BCUT2D eigenvalue weighted by Crippen LogP contribution is -2.58. The second kappa shape index (κ2) is 3.48. The lowest BCUT2D eigenvalue weighted by Gasteiger charge is -2.37. The van der Waals surface area contributed by atoms with Gasteiger partial charge in [0.1, 0.15) is 5.54 Å². The Kier molecular flexibility index (Phi) is 2.57. The van der Waals surface area contributed by atoms with E-state index in [4.69, 9.17) is 5.11 Å². The van der Waals surface area contributed by atoms with Crippen LogP contribution in [0.4, 0.5) is 0 Å². The average molecular weight is 181 g/mol. The molecule has 0 saturated heterocycles. The van der Waals surface area contributed by atoms with Gasteiger partial charge in [-0.2, -0.15) is 0 Å². The summed E-state index contributed by atoms with van der Waals surface area (Å²) in [7, 11) is 0. The van der Waals surface area contributed by atoms with E-state index in [0.29, 0.717) is 12.8 Å². The molecule has 1 aliphatic carbocycles. The molecule has 1 saturated carbocycles. The Morgan fingerprint density at radius 2 is 2.08 bits per heavy atom. The molecule has 1 amide bonds. The SMILES string of the molecule is CC#CC(=O)NC1(C(=O)O)CCC1. The van der Waals surface area contributed by atoms with Crippen molar-refractivity contribution in [1.82, 2.24) is 5.32 Å². The lowest BCUT2D eigenvalue weighted by atomic mass is 9.77. The number of hydrogen-bond acceptors (Lipinski definition) is 2. The number of nitrogens with one attached hydrogen (secondary N) is 1. The van der Waals surface area contributed by atoms with Gasteiger partial charge in [0.25, 0.3) is 5.91 Å². The number of carboxylic acids is 1. The van der Waals surface area contributed by atoms with Crippen LogP contribution in [-0.2, 0) is 9.59 Å². The van der Waals surface area contributed by atoms with Crippen LogP contribution in [0.15, 0.2) is 0 Å². The van der Waals surface area contributed by atoms with Crippen molar-refractivity contribution in [1.29, 1.82) is 0 Å². The lowest BCUT2D eigenvalue weighted by molar-refractivity contribution is -0.150. The fourth-order valence-corrected chi connectivity index (χ4v) is 1.28. The van der Waals surface area contributed by atoms with Crippen molar-refractivity contribution in [3.8, 4) is 11.8 Å². The third-order valence-corrected chi connectivity index (χ3v) is 2.21. The Bertz CT molecular complexity index is 294. The zero-order valence-corrected chi connectivity index (χ0v) is 7.39. The highest BCUT2D eigenvalue weighted by Crippen LogP contribution is 2.31. The highest BCUT2D eigenvalue weighted by atomic mass is 16.4. The fraction of sp³-hybridized carbons (Fsp3) is 0.556. The molecule has 1 rings (SSSR count). The molecule has 70 valence electrons. The molecule has 4 nitrogen and oxygen atoms in total. The molecule has 0 heterocycles. The largest absolute Gasteiger partial charge is 0.480 e. The second-order valence-electron chi connectivity index (χ2n) is 3.07. The van der Waals surface area contributed by atoms with Crippen LogP contribution < -0.4 is 5.32 Å². The summed E-state index contributed by atoms with van der Waals surface area (Å²) in [6.45, 7) is 1.54. The maximum Gasteiger partial charge on any atom is 0.329 e. The molecule has 1 aliphatic rings. The van der Waals surface area contributed by atoms with Crippen LogP contribution in [-0.4, -0.2) is 22.5 Å². The Labute approximate surface area is 76.3 Å². The van der Waals surface area contributed by atoms with E-state index in [0.717, 1.165) is 6.42 Å². The summed E-state index contributed by atoms with van der Waals surface area (Å²) in [5, 5.41) is 11.3. The summed E-state index contributed by atoms with van der Waals surface area (Å²) in [4.78, 5) is 21.8. The van der Waals surface area contributed by atoms with E-state index in [1.54, 1.807) is 0 Å². The summed E-state index contributed by atoms with van der Waals surface area (Å²) in [5.74, 6) is 3.21. The van der Waals surface area contributed by atoms with Gasteiger partial charge >= 0.3 is 5.97 Å². The van der Waals surface area contributed by atoms with Crippen LogP contribution in [0.5, 0.6) is 0 Å². The summed E-state index contributed by atoms with van der Waals surface area (Å²) in [6.07, 6.45) is 1.84. The molecule has 13 heavy (non-hydrogen) atoms. The van der Waals surface area contributed by atoms with Gasteiger partial charge in [-0.1, -0.05) is 5.92 Å². The molecule has 0 aromatic carbocycles. The minimum Gasteiger partial charge on any atom is -0.480 e. The van der Waals surface area contributed by atoms with Gasteiger partial charge in [0.15, 0.2) is 0 Å². The molecule has 2 N–H and O–H groups in total. The predicted octanol–water partition coefficient (Wildman–Crippen LogP) is 0.133. The molecule has 1 fully saturated rings. The summed E-state index contributed by atoms with van der Waals surface area (Å²) in [6, 6.07) is 0. The smallest absolute Gasteiger partial charge is 0.329 e. The number of hydrogen-bond donors (Lipinski definition) is 2. The molecule has 0 aromatic heterocycles. The van der Waals surface area contributed by atoms with Crippen molar-refractivity contribution >= 4 is 11.9 Å². The van der Waals surface area contributed by atoms with Crippen LogP contribution in [0.2, 0.25) is 0 Å². The first-order chi connectivity index (χ1) is 6.10. The standard InChI is InChI=1S/C9H11NO3/c1-2-4-7(11)10-9(8(12)13)5-3-6-9/h3,5-6H2,1H3,(H,10,11)(H,12,13). The number of carbonyl (C=O) groups is 2. The van der Waals surface area contributed by atoms with Crippen LogP contribution >= 0.6 is 0 Å². The Morgan fingerprint density at radius 3 is 2.38 bits per heavy atom.